The normalized spacial score (nSPS) is 10.3. The molecule has 0 spiro atoms. The van der Waals surface area contributed by atoms with E-state index in [1.165, 1.54) is 18.2 Å². The highest BCUT2D eigenvalue weighted by Crippen LogP contribution is 2.37. The minimum absolute atomic E-state index is 0.185. The minimum Gasteiger partial charge on any atom is -0.491 e. The third kappa shape index (κ3) is 3.33. The SMILES string of the molecule is CCCOc1cccc(Oc2ccc(F)cc2Cl)c1N. The maximum atomic E-state index is 13.0. The largest absolute Gasteiger partial charge is 0.491 e. The topological polar surface area (TPSA) is 44.5 Å². The smallest absolute Gasteiger partial charge is 0.154 e. The Bertz CT molecular complexity index is 604. The molecular formula is C15H15ClFNO2. The average molecular weight is 296 g/mol. The van der Waals surface area contributed by atoms with E-state index in [0.29, 0.717) is 29.5 Å². The predicted octanol–water partition coefficient (Wildman–Crippen LogP) is 4.64. The summed E-state index contributed by atoms with van der Waals surface area (Å²) >= 11 is 5.92. The van der Waals surface area contributed by atoms with Crippen molar-refractivity contribution in [2.24, 2.45) is 0 Å². The molecule has 2 N–H and O–H groups in total. The van der Waals surface area contributed by atoms with Crippen molar-refractivity contribution in [3.05, 3.63) is 47.2 Å². The first-order chi connectivity index (χ1) is 9.61. The number of nitrogens with two attached hydrogens (primary N) is 1. The van der Waals surface area contributed by atoms with Crippen molar-refractivity contribution in [1.82, 2.24) is 0 Å². The summed E-state index contributed by atoms with van der Waals surface area (Å²) in [4.78, 5) is 0. The van der Waals surface area contributed by atoms with Crippen LogP contribution in [-0.2, 0) is 0 Å². The Morgan fingerprint density at radius 3 is 2.60 bits per heavy atom. The van der Waals surface area contributed by atoms with Crippen LogP contribution in [0.3, 0.4) is 0 Å². The fraction of sp³-hybridized carbons (Fsp3) is 0.200. The molecule has 0 unspecified atom stereocenters. The molecule has 0 aliphatic carbocycles. The van der Waals surface area contributed by atoms with Crippen LogP contribution in [0.1, 0.15) is 13.3 Å². The van der Waals surface area contributed by atoms with E-state index in [0.717, 1.165) is 6.42 Å². The number of rotatable bonds is 5. The number of benzene rings is 2. The van der Waals surface area contributed by atoms with E-state index in [1.807, 2.05) is 6.92 Å². The fourth-order valence-electron chi connectivity index (χ4n) is 1.63. The molecule has 2 aromatic rings. The molecule has 0 radical (unpaired) electrons. The molecule has 0 bridgehead atoms. The van der Waals surface area contributed by atoms with E-state index < -0.39 is 5.82 Å². The number of para-hydroxylation sites is 1. The van der Waals surface area contributed by atoms with E-state index in [4.69, 9.17) is 26.8 Å². The average Bonchev–Trinajstić information content (AvgIpc) is 2.42. The first-order valence-electron chi connectivity index (χ1n) is 6.26. The van der Waals surface area contributed by atoms with Crippen LogP contribution in [0.5, 0.6) is 17.2 Å². The molecule has 5 heteroatoms. The molecule has 0 aliphatic heterocycles. The lowest BCUT2D eigenvalue weighted by Gasteiger charge is -2.13. The summed E-state index contributed by atoms with van der Waals surface area (Å²) in [6.45, 7) is 2.58. The fourth-order valence-corrected chi connectivity index (χ4v) is 1.83. The molecule has 0 saturated carbocycles. The Morgan fingerprint density at radius 2 is 1.90 bits per heavy atom. The van der Waals surface area contributed by atoms with Gasteiger partial charge in [0.1, 0.15) is 23.0 Å². The molecule has 3 nitrogen and oxygen atoms in total. The van der Waals surface area contributed by atoms with E-state index in [1.54, 1.807) is 18.2 Å². The second kappa shape index (κ2) is 6.48. The number of ether oxygens (including phenoxy) is 2. The Morgan fingerprint density at radius 1 is 1.15 bits per heavy atom. The molecule has 0 fully saturated rings. The summed E-state index contributed by atoms with van der Waals surface area (Å²) in [5.74, 6) is 0.900. The monoisotopic (exact) mass is 295 g/mol. The summed E-state index contributed by atoms with van der Waals surface area (Å²) in [6, 6.07) is 9.15. The Hall–Kier alpha value is -1.94. The molecule has 0 saturated heterocycles. The molecule has 2 rings (SSSR count). The number of hydrogen-bond donors (Lipinski definition) is 1. The van der Waals surface area contributed by atoms with Gasteiger partial charge in [0.15, 0.2) is 5.75 Å². The van der Waals surface area contributed by atoms with Gasteiger partial charge in [-0.3, -0.25) is 0 Å². The van der Waals surface area contributed by atoms with Crippen LogP contribution in [0.15, 0.2) is 36.4 Å². The maximum absolute atomic E-state index is 13.0. The zero-order valence-corrected chi connectivity index (χ0v) is 11.8. The van der Waals surface area contributed by atoms with E-state index in [9.17, 15) is 4.39 Å². The maximum Gasteiger partial charge on any atom is 0.154 e. The van der Waals surface area contributed by atoms with Crippen LogP contribution in [0.2, 0.25) is 5.02 Å². The van der Waals surface area contributed by atoms with Crippen LogP contribution in [0.25, 0.3) is 0 Å². The Kier molecular flexibility index (Phi) is 4.69. The second-order valence-electron chi connectivity index (χ2n) is 4.19. The number of hydrogen-bond acceptors (Lipinski definition) is 3. The third-order valence-electron chi connectivity index (χ3n) is 2.60. The van der Waals surface area contributed by atoms with Gasteiger partial charge in [-0.25, -0.2) is 4.39 Å². The standard InChI is InChI=1S/C15H15ClFNO2/c1-2-8-19-13-4-3-5-14(15(13)18)20-12-7-6-10(17)9-11(12)16/h3-7,9H,2,8,18H2,1H3. The summed E-state index contributed by atoms with van der Waals surface area (Å²) in [6.07, 6.45) is 0.883. The summed E-state index contributed by atoms with van der Waals surface area (Å²) in [7, 11) is 0. The minimum atomic E-state index is -0.421. The first-order valence-corrected chi connectivity index (χ1v) is 6.63. The van der Waals surface area contributed by atoms with E-state index in [-0.39, 0.29) is 5.02 Å². The lowest BCUT2D eigenvalue weighted by Crippen LogP contribution is -2.00. The van der Waals surface area contributed by atoms with Crippen molar-refractivity contribution in [3.63, 3.8) is 0 Å². The number of halogens is 2. The van der Waals surface area contributed by atoms with Gasteiger partial charge in [-0.15, -0.1) is 0 Å². The highest BCUT2D eigenvalue weighted by Gasteiger charge is 2.10. The lowest BCUT2D eigenvalue weighted by atomic mass is 10.2. The van der Waals surface area contributed by atoms with Crippen molar-refractivity contribution in [1.29, 1.82) is 0 Å². The predicted molar refractivity (Wildman–Crippen MR) is 78.1 cm³/mol. The molecule has 106 valence electrons. The molecule has 0 atom stereocenters. The van der Waals surface area contributed by atoms with Crippen LogP contribution in [0, 0.1) is 5.82 Å². The van der Waals surface area contributed by atoms with E-state index in [2.05, 4.69) is 0 Å². The van der Waals surface area contributed by atoms with Gasteiger partial charge in [0, 0.05) is 0 Å². The number of anilines is 1. The Balaban J connectivity index is 2.24. The Labute approximate surface area is 122 Å². The lowest BCUT2D eigenvalue weighted by molar-refractivity contribution is 0.318. The highest BCUT2D eigenvalue weighted by molar-refractivity contribution is 6.32. The molecule has 0 aliphatic rings. The van der Waals surface area contributed by atoms with Gasteiger partial charge in [-0.1, -0.05) is 24.6 Å². The van der Waals surface area contributed by atoms with Gasteiger partial charge in [0.05, 0.1) is 11.6 Å². The van der Waals surface area contributed by atoms with Gasteiger partial charge in [-0.05, 0) is 36.8 Å². The van der Waals surface area contributed by atoms with Crippen LogP contribution in [0.4, 0.5) is 10.1 Å². The van der Waals surface area contributed by atoms with Gasteiger partial charge >= 0.3 is 0 Å². The summed E-state index contributed by atoms with van der Waals surface area (Å²) in [5.41, 5.74) is 6.37. The van der Waals surface area contributed by atoms with Gasteiger partial charge in [-0.2, -0.15) is 0 Å². The molecule has 2 aromatic carbocycles. The van der Waals surface area contributed by atoms with Crippen molar-refractivity contribution >= 4 is 17.3 Å². The summed E-state index contributed by atoms with van der Waals surface area (Å²) < 4.78 is 24.1. The zero-order chi connectivity index (χ0) is 14.5. The molecule has 0 amide bonds. The van der Waals surface area contributed by atoms with Gasteiger partial charge in [0.25, 0.3) is 0 Å². The van der Waals surface area contributed by atoms with Crippen molar-refractivity contribution in [3.8, 4) is 17.2 Å². The zero-order valence-electron chi connectivity index (χ0n) is 11.0. The van der Waals surface area contributed by atoms with Gasteiger partial charge < -0.3 is 15.2 Å². The first kappa shape index (κ1) is 14.5. The molecule has 0 heterocycles. The van der Waals surface area contributed by atoms with Gasteiger partial charge in [0.2, 0.25) is 0 Å². The second-order valence-corrected chi connectivity index (χ2v) is 4.60. The summed E-state index contributed by atoms with van der Waals surface area (Å²) in [5, 5.41) is 0.185. The van der Waals surface area contributed by atoms with Crippen LogP contribution >= 0.6 is 11.6 Å². The van der Waals surface area contributed by atoms with Crippen LogP contribution < -0.4 is 15.2 Å². The molecule has 20 heavy (non-hydrogen) atoms. The number of nitrogen functional groups attached to an aromatic ring is 1. The van der Waals surface area contributed by atoms with Crippen LogP contribution in [-0.4, -0.2) is 6.61 Å². The highest BCUT2D eigenvalue weighted by atomic mass is 35.5. The molecular weight excluding hydrogens is 281 g/mol. The van der Waals surface area contributed by atoms with Crippen molar-refractivity contribution in [2.45, 2.75) is 13.3 Å². The third-order valence-corrected chi connectivity index (χ3v) is 2.90. The van der Waals surface area contributed by atoms with E-state index >= 15 is 0 Å². The van der Waals surface area contributed by atoms with Crippen molar-refractivity contribution in [2.75, 3.05) is 12.3 Å². The van der Waals surface area contributed by atoms with Crippen molar-refractivity contribution < 1.29 is 13.9 Å². The molecule has 0 aromatic heterocycles. The quantitative estimate of drug-likeness (QED) is 0.817.